The minimum Gasteiger partial charge on any atom is -0.444 e. The number of hydrogen-bond acceptors (Lipinski definition) is 4. The van der Waals surface area contributed by atoms with Gasteiger partial charge in [0.05, 0.1) is 17.9 Å². The average Bonchev–Trinajstić information content (AvgIpc) is 3.38. The van der Waals surface area contributed by atoms with Crippen LogP contribution < -0.4 is 10.6 Å². The first-order valence-corrected chi connectivity index (χ1v) is 10.2. The molecule has 7 nitrogen and oxygen atoms in total. The lowest BCUT2D eigenvalue weighted by molar-refractivity contribution is 0.499. The molecule has 1 aliphatic rings. The van der Waals surface area contributed by atoms with Crippen LogP contribution in [0.15, 0.2) is 52.2 Å². The first-order valence-electron chi connectivity index (χ1n) is 10.2. The van der Waals surface area contributed by atoms with Gasteiger partial charge in [-0.15, -0.1) is 0 Å². The van der Waals surface area contributed by atoms with Crippen LogP contribution in [0.2, 0.25) is 0 Å². The normalized spacial score (nSPS) is 16.7. The summed E-state index contributed by atoms with van der Waals surface area (Å²) >= 11 is 0. The summed E-state index contributed by atoms with van der Waals surface area (Å²) < 4.78 is 7.67. The summed E-state index contributed by atoms with van der Waals surface area (Å²) in [6.45, 7) is 4.87. The van der Waals surface area contributed by atoms with Crippen LogP contribution in [0.1, 0.15) is 43.3 Å². The zero-order valence-electron chi connectivity index (χ0n) is 17.2. The van der Waals surface area contributed by atoms with E-state index < -0.39 is 0 Å². The summed E-state index contributed by atoms with van der Waals surface area (Å²) in [7, 11) is 1.79. The van der Waals surface area contributed by atoms with Crippen molar-refractivity contribution in [3.63, 3.8) is 0 Å². The van der Waals surface area contributed by atoms with E-state index in [2.05, 4.69) is 45.3 Å². The highest BCUT2D eigenvalue weighted by atomic mass is 16.3. The monoisotopic (exact) mass is 392 g/mol. The number of rotatable bonds is 5. The first kappa shape index (κ1) is 19.2. The largest absolute Gasteiger partial charge is 0.444 e. The average molecular weight is 393 g/mol. The van der Waals surface area contributed by atoms with Gasteiger partial charge in [0.1, 0.15) is 6.26 Å². The van der Waals surface area contributed by atoms with Gasteiger partial charge in [0.15, 0.2) is 5.96 Å². The number of aliphatic imine (C=N–C) groups is 1. The summed E-state index contributed by atoms with van der Waals surface area (Å²) in [4.78, 5) is 8.92. The van der Waals surface area contributed by atoms with Crippen molar-refractivity contribution in [1.82, 2.24) is 25.4 Å². The lowest BCUT2D eigenvalue weighted by Gasteiger charge is -2.24. The summed E-state index contributed by atoms with van der Waals surface area (Å²) in [5.41, 5.74) is 4.38. The van der Waals surface area contributed by atoms with E-state index in [1.807, 2.05) is 30.3 Å². The predicted molar refractivity (Wildman–Crippen MR) is 114 cm³/mol. The molecule has 0 saturated carbocycles. The van der Waals surface area contributed by atoms with E-state index in [1.165, 1.54) is 11.3 Å². The molecule has 2 heterocycles. The molecule has 0 saturated heterocycles. The molecule has 1 aliphatic carbocycles. The van der Waals surface area contributed by atoms with Gasteiger partial charge in [0.2, 0.25) is 5.89 Å². The van der Waals surface area contributed by atoms with Crippen molar-refractivity contribution in [2.24, 2.45) is 4.99 Å². The maximum absolute atomic E-state index is 5.61. The third-order valence-electron chi connectivity index (χ3n) is 5.20. The molecule has 7 heteroatoms. The van der Waals surface area contributed by atoms with Gasteiger partial charge >= 0.3 is 0 Å². The third kappa shape index (κ3) is 4.50. The van der Waals surface area contributed by atoms with Crippen LogP contribution in [0, 0.1) is 0 Å². The van der Waals surface area contributed by atoms with E-state index >= 15 is 0 Å². The topological polar surface area (TPSA) is 80.3 Å². The number of nitrogens with one attached hydrogen (secondary N) is 2. The van der Waals surface area contributed by atoms with E-state index in [0.29, 0.717) is 24.5 Å². The van der Waals surface area contributed by atoms with E-state index in [1.54, 1.807) is 13.3 Å². The van der Waals surface area contributed by atoms with Crippen molar-refractivity contribution < 1.29 is 4.42 Å². The Morgan fingerprint density at radius 3 is 2.90 bits per heavy atom. The van der Waals surface area contributed by atoms with E-state index in [-0.39, 0.29) is 0 Å². The summed E-state index contributed by atoms with van der Waals surface area (Å²) in [6, 6.07) is 10.6. The van der Waals surface area contributed by atoms with Crippen molar-refractivity contribution in [3.05, 3.63) is 59.7 Å². The molecule has 1 atom stereocenters. The highest BCUT2D eigenvalue weighted by Gasteiger charge is 2.23. The second-order valence-electron chi connectivity index (χ2n) is 7.69. The molecule has 0 bridgehead atoms. The van der Waals surface area contributed by atoms with Crippen LogP contribution in [0.5, 0.6) is 0 Å². The zero-order valence-corrected chi connectivity index (χ0v) is 17.2. The van der Waals surface area contributed by atoms with Crippen LogP contribution in [-0.4, -0.2) is 33.8 Å². The van der Waals surface area contributed by atoms with E-state index in [0.717, 1.165) is 36.5 Å². The van der Waals surface area contributed by atoms with Crippen LogP contribution in [0.3, 0.4) is 0 Å². The number of guanidine groups is 1. The number of fused-ring (bicyclic) bond motifs is 1. The van der Waals surface area contributed by atoms with Crippen molar-refractivity contribution in [3.8, 4) is 11.5 Å². The lowest BCUT2D eigenvalue weighted by Crippen LogP contribution is -2.45. The molecule has 2 N–H and O–H groups in total. The summed E-state index contributed by atoms with van der Waals surface area (Å²) in [5, 5.41) is 11.6. The van der Waals surface area contributed by atoms with Gasteiger partial charge < -0.3 is 15.1 Å². The van der Waals surface area contributed by atoms with Gasteiger partial charge in [-0.25, -0.2) is 4.98 Å². The van der Waals surface area contributed by atoms with Gasteiger partial charge in [0.25, 0.3) is 0 Å². The fourth-order valence-corrected chi connectivity index (χ4v) is 3.56. The molecule has 4 rings (SSSR count). The molecule has 3 aromatic rings. The number of oxazole rings is 1. The second kappa shape index (κ2) is 8.51. The number of nitrogens with zero attached hydrogens (tertiary/aromatic N) is 4. The quantitative estimate of drug-likeness (QED) is 0.514. The molecule has 0 spiro atoms. The lowest BCUT2D eigenvalue weighted by atomic mass is 9.94. The molecular formula is C22H28N6O. The van der Waals surface area contributed by atoms with Crippen LogP contribution in [0.4, 0.5) is 0 Å². The molecule has 0 radical (unpaired) electrons. The fourth-order valence-electron chi connectivity index (χ4n) is 3.56. The molecule has 152 valence electrons. The van der Waals surface area contributed by atoms with Crippen LogP contribution >= 0.6 is 0 Å². The minimum atomic E-state index is 0.321. The molecular weight excluding hydrogens is 364 g/mol. The highest BCUT2D eigenvalue weighted by molar-refractivity contribution is 5.80. The van der Waals surface area contributed by atoms with Gasteiger partial charge in [0, 0.05) is 37.3 Å². The van der Waals surface area contributed by atoms with Crippen LogP contribution in [0.25, 0.3) is 11.5 Å². The van der Waals surface area contributed by atoms with Gasteiger partial charge in [-0.1, -0.05) is 18.2 Å². The predicted octanol–water partition coefficient (Wildman–Crippen LogP) is 3.34. The maximum atomic E-state index is 5.61. The maximum Gasteiger partial charge on any atom is 0.226 e. The molecule has 0 amide bonds. The van der Waals surface area contributed by atoms with Crippen molar-refractivity contribution in [2.75, 3.05) is 7.05 Å². The van der Waals surface area contributed by atoms with Crippen molar-refractivity contribution >= 4 is 5.96 Å². The number of aryl methyl sites for hydroxylation is 1. The molecule has 2 aromatic heterocycles. The number of benzene rings is 1. The Morgan fingerprint density at radius 2 is 2.14 bits per heavy atom. The number of aromatic nitrogens is 3. The Morgan fingerprint density at radius 1 is 1.31 bits per heavy atom. The summed E-state index contributed by atoms with van der Waals surface area (Å²) in [6.07, 6.45) is 6.91. The minimum absolute atomic E-state index is 0.321. The van der Waals surface area contributed by atoms with Crippen molar-refractivity contribution in [1.29, 1.82) is 0 Å². The Bertz CT molecular complexity index is 972. The van der Waals surface area contributed by atoms with Gasteiger partial charge in [-0.3, -0.25) is 9.67 Å². The summed E-state index contributed by atoms with van der Waals surface area (Å²) in [5.74, 6) is 1.40. The fraction of sp³-hybridized carbons (Fsp3) is 0.409. The zero-order chi connectivity index (χ0) is 20.2. The molecule has 1 unspecified atom stereocenters. The smallest absolute Gasteiger partial charge is 0.226 e. The Hall–Kier alpha value is -3.09. The Labute approximate surface area is 171 Å². The molecule has 0 aliphatic heterocycles. The van der Waals surface area contributed by atoms with Gasteiger partial charge in [-0.05, 0) is 44.4 Å². The third-order valence-corrected chi connectivity index (χ3v) is 5.20. The molecule has 0 fully saturated rings. The van der Waals surface area contributed by atoms with Crippen molar-refractivity contribution in [2.45, 2.75) is 51.7 Å². The standard InChI is InChI=1S/C22H28N6O/c1-15(2)28-13-17-9-10-18(11-20(17)27-28)26-22(23-3)24-12-19-14-29-21(25-19)16-7-5-4-6-8-16/h4-8,13-15,18H,9-12H2,1-3H3,(H2,23,24,26). The SMILES string of the molecule is CN=C(NCc1coc(-c2ccccc2)n1)NC1CCc2cn(C(C)C)nc2C1. The second-order valence-corrected chi connectivity index (χ2v) is 7.69. The first-order chi connectivity index (χ1) is 14.1. The van der Waals surface area contributed by atoms with E-state index in [4.69, 9.17) is 9.52 Å². The highest BCUT2D eigenvalue weighted by Crippen LogP contribution is 2.22. The van der Waals surface area contributed by atoms with Gasteiger partial charge in [-0.2, -0.15) is 5.10 Å². The molecule has 29 heavy (non-hydrogen) atoms. The van der Waals surface area contributed by atoms with E-state index in [9.17, 15) is 0 Å². The van der Waals surface area contributed by atoms with Crippen LogP contribution in [-0.2, 0) is 19.4 Å². The molecule has 1 aromatic carbocycles. The Balaban J connectivity index is 1.33. The Kier molecular flexibility index (Phi) is 5.64. The number of hydrogen-bond donors (Lipinski definition) is 2.